The molecule has 1 nitrogen and oxygen atoms in total. The highest BCUT2D eigenvalue weighted by Gasteiger charge is 2.67. The molecule has 2 radical (unpaired) electrons. The highest BCUT2D eigenvalue weighted by atomic mass is 31.2. The summed E-state index contributed by atoms with van der Waals surface area (Å²) in [6, 6.07) is 42.4. The Morgan fingerprint density at radius 1 is 0.676 bits per heavy atom. The number of nitrogens with zero attached hydrogens (tertiary/aromatic N) is 1. The summed E-state index contributed by atoms with van der Waals surface area (Å²) < 4.78 is 2.84. The second-order valence-corrected chi connectivity index (χ2v) is 18.0. The molecule has 168 valence electrons. The summed E-state index contributed by atoms with van der Waals surface area (Å²) in [5.74, 6) is 0. The first-order valence-corrected chi connectivity index (χ1v) is 15.8. The first kappa shape index (κ1) is 23.3. The van der Waals surface area contributed by atoms with Gasteiger partial charge in [0, 0.05) is 5.56 Å². The molecule has 0 bridgehead atoms. The van der Waals surface area contributed by atoms with E-state index in [0.29, 0.717) is 0 Å². The van der Waals surface area contributed by atoms with E-state index < -0.39 is 15.5 Å². The van der Waals surface area contributed by atoms with Crippen molar-refractivity contribution < 1.29 is 0 Å². The van der Waals surface area contributed by atoms with Crippen LogP contribution in [0.15, 0.2) is 115 Å². The van der Waals surface area contributed by atoms with Gasteiger partial charge in [-0.15, -0.1) is 0 Å². The molecule has 0 aliphatic carbocycles. The first-order chi connectivity index (χ1) is 16.3. The molecule has 1 heterocycles. The van der Waals surface area contributed by atoms with Gasteiger partial charge in [-0.2, -0.15) is 4.34 Å². The molecule has 4 aromatic rings. The minimum absolute atomic E-state index is 0.0224. The van der Waals surface area contributed by atoms with Crippen LogP contribution >= 0.6 is 7.29 Å². The van der Waals surface area contributed by atoms with Gasteiger partial charge in [0.15, 0.2) is 0 Å². The van der Waals surface area contributed by atoms with Gasteiger partial charge in [0.1, 0.15) is 5.30 Å². The maximum absolute atomic E-state index is 7.86. The summed E-state index contributed by atoms with van der Waals surface area (Å²) in [7, 11) is 2.84. The molecule has 0 aromatic heterocycles. The predicted octanol–water partition coefficient (Wildman–Crippen LogP) is 5.59. The maximum atomic E-state index is 7.86. The first-order valence-electron chi connectivity index (χ1n) is 12.1. The van der Waals surface area contributed by atoms with Gasteiger partial charge in [-0.3, -0.25) is 0 Å². The smallest absolute Gasteiger partial charge is 0.194 e. The topological polar surface area (TPSA) is 3.24 Å². The Bertz CT molecular complexity index is 1230. The minimum atomic E-state index is -2.64. The summed E-state index contributed by atoms with van der Waals surface area (Å²) in [5.41, 5.74) is 1.37. The van der Waals surface area contributed by atoms with Gasteiger partial charge >= 0.3 is 7.57 Å². The van der Waals surface area contributed by atoms with Crippen molar-refractivity contribution in [3.8, 4) is 0 Å². The minimum Gasteiger partial charge on any atom is -0.194 e. The van der Waals surface area contributed by atoms with E-state index in [9.17, 15) is 0 Å². The molecule has 0 saturated carbocycles. The molecule has 0 spiro atoms. The summed E-state index contributed by atoms with van der Waals surface area (Å²) in [6.07, 6.45) is 0. The quantitative estimate of drug-likeness (QED) is 0.274. The van der Waals surface area contributed by atoms with Crippen molar-refractivity contribution >= 4 is 44.1 Å². The number of hydrogen-bond donors (Lipinski definition) is 0. The van der Waals surface area contributed by atoms with Crippen LogP contribution in [0.4, 0.5) is 0 Å². The maximum Gasteiger partial charge on any atom is 0.398 e. The summed E-state index contributed by atoms with van der Waals surface area (Å²) >= 11 is 0. The monoisotopic (exact) mass is 476 g/mol. The molecular weight excluding hydrogens is 444 g/mol. The summed E-state index contributed by atoms with van der Waals surface area (Å²) in [4.78, 5) is 0. The van der Waals surface area contributed by atoms with E-state index in [1.807, 2.05) is 0 Å². The van der Waals surface area contributed by atoms with Crippen molar-refractivity contribution in [3.05, 3.63) is 121 Å². The lowest BCUT2D eigenvalue weighted by Gasteiger charge is -2.52. The fourth-order valence-electron chi connectivity index (χ4n) is 6.12. The van der Waals surface area contributed by atoms with Crippen LogP contribution in [0, 0.1) is 0 Å². The van der Waals surface area contributed by atoms with E-state index in [-0.39, 0.29) is 11.1 Å². The molecular formula is C30H32BNPSi+. The number of hydrogen-bond acceptors (Lipinski definition) is 1. The van der Waals surface area contributed by atoms with E-state index >= 15 is 0 Å². The second-order valence-electron chi connectivity index (χ2n) is 10.3. The predicted molar refractivity (Wildman–Crippen MR) is 153 cm³/mol. The average Bonchev–Trinajstić information content (AvgIpc) is 3.09. The van der Waals surface area contributed by atoms with Crippen LogP contribution in [-0.4, -0.2) is 20.1 Å². The number of benzene rings is 4. The standard InChI is InChI=1S/C30H32BNPSi/c1-24-28-22-14-15-23-29(28)33(31,25-16-8-5-9-17-25)32(24)34(30(2,3)4,26-18-10-6-11-19-26)27-20-12-7-13-21-27/h5-24H,1-4H3/q+1. The zero-order valence-electron chi connectivity index (χ0n) is 20.5. The second kappa shape index (κ2) is 8.65. The SMILES string of the molecule is [B][P+]1(c2ccccc2)c2ccccc2C(C)N1[Si](c1ccccc1)(c1ccccc1)C(C)(C)C. The lowest BCUT2D eigenvalue weighted by atomic mass is 10.1. The molecule has 5 rings (SSSR count). The molecule has 1 aliphatic heterocycles. The lowest BCUT2D eigenvalue weighted by Crippen LogP contribution is -2.74. The van der Waals surface area contributed by atoms with Crippen molar-refractivity contribution in [1.82, 2.24) is 4.34 Å². The van der Waals surface area contributed by atoms with E-state index in [1.54, 1.807) is 0 Å². The van der Waals surface area contributed by atoms with Crippen LogP contribution in [0.2, 0.25) is 5.04 Å². The Hall–Kier alpha value is -2.45. The van der Waals surface area contributed by atoms with Crippen LogP contribution in [0.5, 0.6) is 0 Å². The summed E-state index contributed by atoms with van der Waals surface area (Å²) in [6.45, 7) is 9.63. The van der Waals surface area contributed by atoms with Crippen LogP contribution in [0.3, 0.4) is 0 Å². The van der Waals surface area contributed by atoms with Crippen LogP contribution in [0.1, 0.15) is 39.3 Å². The Labute approximate surface area is 207 Å². The lowest BCUT2D eigenvalue weighted by molar-refractivity contribution is 0.513. The third-order valence-electron chi connectivity index (χ3n) is 7.42. The van der Waals surface area contributed by atoms with E-state index in [2.05, 4.69) is 147 Å². The molecule has 0 fully saturated rings. The Balaban J connectivity index is 1.93. The van der Waals surface area contributed by atoms with Crippen molar-refractivity contribution in [2.45, 2.75) is 38.8 Å². The fraction of sp³-hybridized carbons (Fsp3) is 0.200. The van der Waals surface area contributed by atoms with Gasteiger partial charge in [0.25, 0.3) is 0 Å². The molecule has 4 heteroatoms. The molecule has 0 saturated heterocycles. The van der Waals surface area contributed by atoms with Crippen molar-refractivity contribution in [2.24, 2.45) is 0 Å². The highest BCUT2D eigenvalue weighted by Crippen LogP contribution is 2.68. The van der Waals surface area contributed by atoms with Crippen molar-refractivity contribution in [2.75, 3.05) is 0 Å². The Kier molecular flexibility index (Phi) is 5.93. The van der Waals surface area contributed by atoms with Gasteiger partial charge in [0.05, 0.1) is 18.6 Å². The van der Waals surface area contributed by atoms with E-state index in [1.165, 1.54) is 26.5 Å². The van der Waals surface area contributed by atoms with Crippen molar-refractivity contribution in [3.63, 3.8) is 0 Å². The van der Waals surface area contributed by atoms with Gasteiger partial charge in [-0.25, -0.2) is 0 Å². The Morgan fingerprint density at radius 2 is 1.12 bits per heavy atom. The molecule has 0 N–H and O–H groups in total. The van der Waals surface area contributed by atoms with Gasteiger partial charge < -0.3 is 0 Å². The molecule has 4 aromatic carbocycles. The zero-order chi connectivity index (χ0) is 24.0. The highest BCUT2D eigenvalue weighted by molar-refractivity contribution is 8.08. The third-order valence-corrected chi connectivity index (χ3v) is 18.1. The molecule has 2 unspecified atom stereocenters. The zero-order valence-corrected chi connectivity index (χ0v) is 22.4. The molecule has 0 amide bonds. The van der Waals surface area contributed by atoms with Gasteiger partial charge in [0.2, 0.25) is 8.24 Å². The fourth-order valence-corrected chi connectivity index (χ4v) is 18.6. The van der Waals surface area contributed by atoms with Gasteiger partial charge in [-0.05, 0) is 40.5 Å². The number of fused-ring (bicyclic) bond motifs is 1. The molecule has 2 atom stereocenters. The van der Waals surface area contributed by atoms with Gasteiger partial charge in [-0.1, -0.05) is 118 Å². The normalized spacial score (nSPS) is 20.8. The van der Waals surface area contributed by atoms with Crippen molar-refractivity contribution in [1.29, 1.82) is 0 Å². The van der Waals surface area contributed by atoms with Crippen LogP contribution in [0.25, 0.3) is 0 Å². The summed E-state index contributed by atoms with van der Waals surface area (Å²) in [5, 5.41) is 5.38. The Morgan fingerprint density at radius 3 is 1.62 bits per heavy atom. The van der Waals surface area contributed by atoms with Crippen LogP contribution < -0.4 is 21.0 Å². The number of rotatable bonds is 4. The third kappa shape index (κ3) is 3.29. The van der Waals surface area contributed by atoms with E-state index in [4.69, 9.17) is 7.57 Å². The molecule has 34 heavy (non-hydrogen) atoms. The average molecular weight is 476 g/mol. The van der Waals surface area contributed by atoms with E-state index in [0.717, 1.165) is 0 Å². The molecule has 1 aliphatic rings. The van der Waals surface area contributed by atoms with Crippen LogP contribution in [-0.2, 0) is 0 Å². The largest absolute Gasteiger partial charge is 0.398 e.